The normalized spacial score (nSPS) is 17.0. The van der Waals surface area contributed by atoms with E-state index < -0.39 is 0 Å². The van der Waals surface area contributed by atoms with E-state index in [0.29, 0.717) is 23.1 Å². The quantitative estimate of drug-likeness (QED) is 0.782. The van der Waals surface area contributed by atoms with Crippen molar-refractivity contribution in [3.63, 3.8) is 0 Å². The van der Waals surface area contributed by atoms with Gasteiger partial charge in [-0.2, -0.15) is 0 Å². The highest BCUT2D eigenvalue weighted by atomic mass is 32.1. The van der Waals surface area contributed by atoms with Gasteiger partial charge in [-0.3, -0.25) is 4.79 Å². The molecule has 1 aromatic rings. The number of esters is 1. The summed E-state index contributed by atoms with van der Waals surface area (Å²) in [6.07, 6.45) is 4.56. The summed E-state index contributed by atoms with van der Waals surface area (Å²) >= 11 is 1.55. The fourth-order valence-corrected chi connectivity index (χ4v) is 4.53. The number of fused-ring (bicyclic) bond motifs is 1. The summed E-state index contributed by atoms with van der Waals surface area (Å²) in [6.45, 7) is 8.42. The van der Waals surface area contributed by atoms with Gasteiger partial charge in [-0.25, -0.2) is 4.79 Å². The summed E-state index contributed by atoms with van der Waals surface area (Å²) in [4.78, 5) is 26.1. The lowest BCUT2D eigenvalue weighted by atomic mass is 9.88. The Kier molecular flexibility index (Phi) is 6.22. The van der Waals surface area contributed by atoms with Gasteiger partial charge >= 0.3 is 5.97 Å². The van der Waals surface area contributed by atoms with Crippen LogP contribution in [0, 0.1) is 11.8 Å². The molecule has 4 nitrogen and oxygen atoms in total. The van der Waals surface area contributed by atoms with Gasteiger partial charge in [-0.15, -0.1) is 11.3 Å². The van der Waals surface area contributed by atoms with Crippen LogP contribution in [0.1, 0.15) is 67.8 Å². The van der Waals surface area contributed by atoms with E-state index in [1.54, 1.807) is 18.3 Å². The van der Waals surface area contributed by atoms with E-state index in [0.717, 1.165) is 37.7 Å². The van der Waals surface area contributed by atoms with Crippen molar-refractivity contribution >= 4 is 28.2 Å². The maximum Gasteiger partial charge on any atom is 0.341 e. The number of hydrogen-bond donors (Lipinski definition) is 1. The largest absolute Gasteiger partial charge is 0.462 e. The number of ether oxygens (including phenoxy) is 1. The van der Waals surface area contributed by atoms with E-state index in [2.05, 4.69) is 12.2 Å². The maximum absolute atomic E-state index is 12.4. The second-order valence-electron chi connectivity index (χ2n) is 6.28. The Morgan fingerprint density at radius 3 is 2.61 bits per heavy atom. The number of carbonyl (C=O) groups excluding carboxylic acids is 2. The second kappa shape index (κ2) is 7.95. The van der Waals surface area contributed by atoms with Crippen LogP contribution in [0.4, 0.5) is 5.00 Å². The third-order valence-corrected chi connectivity index (χ3v) is 5.75. The molecule has 0 saturated carbocycles. The number of rotatable bonds is 6. The highest BCUT2D eigenvalue weighted by molar-refractivity contribution is 7.17. The molecular formula is C18H27NO3S. The molecule has 0 spiro atoms. The average molecular weight is 337 g/mol. The molecule has 2 rings (SSSR count). The molecule has 23 heavy (non-hydrogen) atoms. The molecule has 0 fully saturated rings. The van der Waals surface area contributed by atoms with Gasteiger partial charge in [0.25, 0.3) is 0 Å². The summed E-state index contributed by atoms with van der Waals surface area (Å²) in [5.41, 5.74) is 1.68. The Hall–Kier alpha value is -1.36. The minimum Gasteiger partial charge on any atom is -0.462 e. The first-order valence-corrected chi connectivity index (χ1v) is 9.45. The van der Waals surface area contributed by atoms with Crippen molar-refractivity contribution in [3.05, 3.63) is 16.0 Å². The van der Waals surface area contributed by atoms with Crippen LogP contribution in [0.5, 0.6) is 0 Å². The SMILES string of the molecule is CCOC(=O)c1c(NC(=O)C(CC)CC)sc2c1CCC(C)C2. The number of hydrogen-bond acceptors (Lipinski definition) is 4. The molecule has 1 aliphatic carbocycles. The molecule has 1 aromatic heterocycles. The van der Waals surface area contributed by atoms with Crippen molar-refractivity contribution in [1.29, 1.82) is 0 Å². The zero-order chi connectivity index (χ0) is 17.0. The van der Waals surface area contributed by atoms with Gasteiger partial charge in [-0.1, -0.05) is 20.8 Å². The number of carbonyl (C=O) groups is 2. The Labute approximate surface area is 142 Å². The fourth-order valence-electron chi connectivity index (χ4n) is 3.13. The smallest absolute Gasteiger partial charge is 0.341 e. The molecule has 0 aliphatic heterocycles. The van der Waals surface area contributed by atoms with Crippen LogP contribution in [-0.4, -0.2) is 18.5 Å². The number of anilines is 1. The molecule has 1 N–H and O–H groups in total. The Morgan fingerprint density at radius 1 is 1.30 bits per heavy atom. The topological polar surface area (TPSA) is 55.4 Å². The molecule has 0 saturated heterocycles. The number of amides is 1. The Bertz CT molecular complexity index is 575. The predicted molar refractivity (Wildman–Crippen MR) is 94.2 cm³/mol. The van der Waals surface area contributed by atoms with Gasteiger partial charge in [0.2, 0.25) is 5.91 Å². The first-order valence-electron chi connectivity index (χ1n) is 8.64. The molecule has 1 amide bonds. The van der Waals surface area contributed by atoms with Crippen LogP contribution in [0.3, 0.4) is 0 Å². The Balaban J connectivity index is 2.34. The van der Waals surface area contributed by atoms with Crippen LogP contribution < -0.4 is 5.32 Å². The Morgan fingerprint density at radius 2 is 2.00 bits per heavy atom. The van der Waals surface area contributed by atoms with Crippen molar-refractivity contribution in [2.75, 3.05) is 11.9 Å². The highest BCUT2D eigenvalue weighted by Crippen LogP contribution is 2.40. The van der Waals surface area contributed by atoms with E-state index in [-0.39, 0.29) is 17.8 Å². The minimum atomic E-state index is -0.306. The molecule has 1 unspecified atom stereocenters. The number of thiophene rings is 1. The van der Waals surface area contributed by atoms with E-state index >= 15 is 0 Å². The van der Waals surface area contributed by atoms with E-state index in [9.17, 15) is 9.59 Å². The highest BCUT2D eigenvalue weighted by Gasteiger charge is 2.29. The van der Waals surface area contributed by atoms with E-state index in [1.807, 2.05) is 13.8 Å². The van der Waals surface area contributed by atoms with Crippen LogP contribution in [-0.2, 0) is 22.4 Å². The van der Waals surface area contributed by atoms with Gasteiger partial charge in [0, 0.05) is 10.8 Å². The monoisotopic (exact) mass is 337 g/mol. The molecule has 5 heteroatoms. The number of nitrogens with one attached hydrogen (secondary N) is 1. The molecule has 1 atom stereocenters. The molecule has 0 radical (unpaired) electrons. The molecule has 1 aliphatic rings. The van der Waals surface area contributed by atoms with Crippen LogP contribution in [0.15, 0.2) is 0 Å². The average Bonchev–Trinajstić information content (AvgIpc) is 2.85. The fraction of sp³-hybridized carbons (Fsp3) is 0.667. The molecule has 1 heterocycles. The lowest BCUT2D eigenvalue weighted by Gasteiger charge is -2.18. The summed E-state index contributed by atoms with van der Waals surface area (Å²) in [7, 11) is 0. The van der Waals surface area contributed by atoms with Crippen LogP contribution in [0.25, 0.3) is 0 Å². The summed E-state index contributed by atoms with van der Waals surface area (Å²) in [6, 6.07) is 0. The van der Waals surface area contributed by atoms with Crippen molar-refractivity contribution in [2.24, 2.45) is 11.8 Å². The zero-order valence-electron chi connectivity index (χ0n) is 14.5. The van der Waals surface area contributed by atoms with Crippen molar-refractivity contribution in [3.8, 4) is 0 Å². The first kappa shape index (κ1) is 18.0. The minimum absolute atomic E-state index is 0.00666. The summed E-state index contributed by atoms with van der Waals surface area (Å²) < 4.78 is 5.23. The van der Waals surface area contributed by atoms with Crippen molar-refractivity contribution in [2.45, 2.75) is 59.8 Å². The lowest BCUT2D eigenvalue weighted by molar-refractivity contribution is -0.120. The van der Waals surface area contributed by atoms with Crippen molar-refractivity contribution < 1.29 is 14.3 Å². The van der Waals surface area contributed by atoms with Gasteiger partial charge in [-0.05, 0) is 50.5 Å². The van der Waals surface area contributed by atoms with Gasteiger partial charge < -0.3 is 10.1 Å². The summed E-state index contributed by atoms with van der Waals surface area (Å²) in [5.74, 6) is 0.313. The molecule has 0 aromatic carbocycles. The second-order valence-corrected chi connectivity index (χ2v) is 7.38. The van der Waals surface area contributed by atoms with E-state index in [1.165, 1.54) is 4.88 Å². The van der Waals surface area contributed by atoms with Gasteiger partial charge in [0.1, 0.15) is 5.00 Å². The zero-order valence-corrected chi connectivity index (χ0v) is 15.3. The lowest BCUT2D eigenvalue weighted by Crippen LogP contribution is -2.22. The molecule has 128 valence electrons. The standard InChI is InChI=1S/C18H27NO3S/c1-5-12(6-2)16(20)19-17-15(18(21)22-7-3)13-9-8-11(4)10-14(13)23-17/h11-12H,5-10H2,1-4H3,(H,19,20). The third kappa shape index (κ3) is 3.94. The first-order chi connectivity index (χ1) is 11.0. The third-order valence-electron chi connectivity index (χ3n) is 4.58. The van der Waals surface area contributed by atoms with Gasteiger partial charge in [0.15, 0.2) is 0 Å². The molecular weight excluding hydrogens is 310 g/mol. The van der Waals surface area contributed by atoms with Crippen LogP contribution >= 0.6 is 11.3 Å². The van der Waals surface area contributed by atoms with E-state index in [4.69, 9.17) is 4.74 Å². The van der Waals surface area contributed by atoms with Crippen LogP contribution in [0.2, 0.25) is 0 Å². The van der Waals surface area contributed by atoms with Gasteiger partial charge in [0.05, 0.1) is 12.2 Å². The maximum atomic E-state index is 12.4. The predicted octanol–water partition coefficient (Wildman–Crippen LogP) is 4.42. The molecule has 0 bridgehead atoms. The van der Waals surface area contributed by atoms with Crippen molar-refractivity contribution in [1.82, 2.24) is 0 Å². The summed E-state index contributed by atoms with van der Waals surface area (Å²) in [5, 5.41) is 3.68.